The summed E-state index contributed by atoms with van der Waals surface area (Å²) in [6, 6.07) is 12.7. The van der Waals surface area contributed by atoms with Gasteiger partial charge in [-0.1, -0.05) is 30.3 Å². The summed E-state index contributed by atoms with van der Waals surface area (Å²) in [7, 11) is 3.85. The van der Waals surface area contributed by atoms with Crippen molar-refractivity contribution in [3.8, 4) is 0 Å². The first-order valence-corrected chi connectivity index (χ1v) is 10.5. The second-order valence-corrected chi connectivity index (χ2v) is 8.27. The third-order valence-electron chi connectivity index (χ3n) is 4.98. The van der Waals surface area contributed by atoms with Crippen LogP contribution in [0.5, 0.6) is 0 Å². The van der Waals surface area contributed by atoms with Crippen molar-refractivity contribution in [2.24, 2.45) is 0 Å². The van der Waals surface area contributed by atoms with Crippen LogP contribution in [0.1, 0.15) is 22.0 Å². The molecule has 1 atom stereocenters. The van der Waals surface area contributed by atoms with Crippen LogP contribution in [0.15, 0.2) is 41.8 Å². The summed E-state index contributed by atoms with van der Waals surface area (Å²) in [6.45, 7) is 3.36. The minimum atomic E-state index is -0.573. The van der Waals surface area contributed by atoms with E-state index in [1.54, 1.807) is 11.3 Å². The lowest BCUT2D eigenvalue weighted by Crippen LogP contribution is -2.45. The Morgan fingerprint density at radius 1 is 1.11 bits per heavy atom. The standard InChI is InChI=1S/C21H28N4O2S/c1-24(2)12-10-22-20(26)21(27)23-14-18(19-8-5-13-28-19)25-11-9-16-6-3-4-7-17(16)15-25/h3-8,13,18H,9-12,14-15H2,1-2H3,(H,22,26)(H,23,27)/t18-/m0/s1. The van der Waals surface area contributed by atoms with Gasteiger partial charge in [-0.15, -0.1) is 11.3 Å². The lowest BCUT2D eigenvalue weighted by molar-refractivity contribution is -0.139. The van der Waals surface area contributed by atoms with Gasteiger partial charge in [0, 0.05) is 37.6 Å². The molecule has 0 bridgehead atoms. The molecule has 0 radical (unpaired) electrons. The van der Waals surface area contributed by atoms with Gasteiger partial charge in [0.15, 0.2) is 0 Å². The Morgan fingerprint density at radius 2 is 1.86 bits per heavy atom. The number of likely N-dealkylation sites (N-methyl/N-ethyl adjacent to an activating group) is 1. The molecule has 1 aliphatic heterocycles. The van der Waals surface area contributed by atoms with Crippen LogP contribution in [-0.4, -0.2) is 61.9 Å². The number of carbonyl (C=O) groups is 2. The maximum Gasteiger partial charge on any atom is 0.309 e. The molecular weight excluding hydrogens is 372 g/mol. The monoisotopic (exact) mass is 400 g/mol. The minimum Gasteiger partial charge on any atom is -0.347 e. The van der Waals surface area contributed by atoms with Crippen LogP contribution in [0, 0.1) is 0 Å². The normalized spacial score (nSPS) is 15.1. The van der Waals surface area contributed by atoms with Crippen molar-refractivity contribution in [1.82, 2.24) is 20.4 Å². The maximum absolute atomic E-state index is 12.2. The molecule has 2 heterocycles. The molecule has 0 fully saturated rings. The highest BCUT2D eigenvalue weighted by Gasteiger charge is 2.26. The highest BCUT2D eigenvalue weighted by molar-refractivity contribution is 7.10. The zero-order valence-electron chi connectivity index (χ0n) is 16.5. The fourth-order valence-corrected chi connectivity index (χ4v) is 4.28. The zero-order chi connectivity index (χ0) is 19.9. The van der Waals surface area contributed by atoms with Gasteiger partial charge in [-0.25, -0.2) is 0 Å². The van der Waals surface area contributed by atoms with Crippen LogP contribution in [0.4, 0.5) is 0 Å². The minimum absolute atomic E-state index is 0.0619. The largest absolute Gasteiger partial charge is 0.347 e. The smallest absolute Gasteiger partial charge is 0.309 e. The Morgan fingerprint density at radius 3 is 2.57 bits per heavy atom. The molecule has 0 unspecified atom stereocenters. The molecule has 1 aromatic carbocycles. The fourth-order valence-electron chi connectivity index (χ4n) is 3.42. The molecule has 150 valence electrons. The Kier molecular flexibility index (Phi) is 7.19. The van der Waals surface area contributed by atoms with Gasteiger partial charge < -0.3 is 15.5 Å². The van der Waals surface area contributed by atoms with Crippen molar-refractivity contribution in [2.75, 3.05) is 40.3 Å². The zero-order valence-corrected chi connectivity index (χ0v) is 17.3. The van der Waals surface area contributed by atoms with Crippen molar-refractivity contribution < 1.29 is 9.59 Å². The molecule has 7 heteroatoms. The summed E-state index contributed by atoms with van der Waals surface area (Å²) < 4.78 is 0. The van der Waals surface area contributed by atoms with Gasteiger partial charge in [-0.3, -0.25) is 14.5 Å². The van der Waals surface area contributed by atoms with Crippen LogP contribution >= 0.6 is 11.3 Å². The van der Waals surface area contributed by atoms with Crippen LogP contribution in [0.2, 0.25) is 0 Å². The fraction of sp³-hybridized carbons (Fsp3) is 0.429. The molecule has 2 N–H and O–H groups in total. The third-order valence-corrected chi connectivity index (χ3v) is 5.95. The number of hydrogen-bond acceptors (Lipinski definition) is 5. The van der Waals surface area contributed by atoms with Gasteiger partial charge in [0.1, 0.15) is 0 Å². The molecule has 0 saturated heterocycles. The number of thiophene rings is 1. The van der Waals surface area contributed by atoms with Crippen LogP contribution in [0.3, 0.4) is 0 Å². The van der Waals surface area contributed by atoms with E-state index < -0.39 is 11.8 Å². The highest BCUT2D eigenvalue weighted by Crippen LogP contribution is 2.29. The summed E-state index contributed by atoms with van der Waals surface area (Å²) in [5, 5.41) is 7.54. The number of benzene rings is 1. The Bertz CT molecular complexity index is 791. The lowest BCUT2D eigenvalue weighted by atomic mass is 9.98. The van der Waals surface area contributed by atoms with E-state index in [1.165, 1.54) is 16.0 Å². The second kappa shape index (κ2) is 9.82. The van der Waals surface area contributed by atoms with E-state index in [4.69, 9.17) is 0 Å². The van der Waals surface area contributed by atoms with Crippen molar-refractivity contribution in [1.29, 1.82) is 0 Å². The van der Waals surface area contributed by atoms with E-state index in [1.807, 2.05) is 25.1 Å². The summed E-state index contributed by atoms with van der Waals surface area (Å²) >= 11 is 1.68. The number of fused-ring (bicyclic) bond motifs is 1. The number of amides is 2. The van der Waals surface area contributed by atoms with E-state index in [9.17, 15) is 9.59 Å². The molecule has 1 aromatic heterocycles. The first kappa shape index (κ1) is 20.5. The number of hydrogen-bond donors (Lipinski definition) is 2. The SMILES string of the molecule is CN(C)CCNC(=O)C(=O)NC[C@@H](c1cccs1)N1CCc2ccccc2C1. The molecule has 0 aliphatic carbocycles. The molecule has 1 aliphatic rings. The molecule has 2 amide bonds. The van der Waals surface area contributed by atoms with Gasteiger partial charge in [0.25, 0.3) is 0 Å². The molecule has 0 spiro atoms. The summed E-state index contributed by atoms with van der Waals surface area (Å²) in [5.41, 5.74) is 2.73. The first-order chi connectivity index (χ1) is 13.5. The van der Waals surface area contributed by atoms with Gasteiger partial charge >= 0.3 is 11.8 Å². The Labute approximate surface area is 170 Å². The predicted octanol–water partition coefficient (Wildman–Crippen LogP) is 1.64. The molecule has 6 nitrogen and oxygen atoms in total. The third kappa shape index (κ3) is 5.41. The molecule has 28 heavy (non-hydrogen) atoms. The van der Waals surface area contributed by atoms with Gasteiger partial charge in [0.05, 0.1) is 6.04 Å². The van der Waals surface area contributed by atoms with E-state index in [0.29, 0.717) is 19.6 Å². The van der Waals surface area contributed by atoms with Crippen LogP contribution in [0.25, 0.3) is 0 Å². The highest BCUT2D eigenvalue weighted by atomic mass is 32.1. The van der Waals surface area contributed by atoms with Crippen LogP contribution in [-0.2, 0) is 22.6 Å². The van der Waals surface area contributed by atoms with Crippen LogP contribution < -0.4 is 10.6 Å². The second-order valence-electron chi connectivity index (χ2n) is 7.29. The molecule has 2 aromatic rings. The summed E-state index contributed by atoms with van der Waals surface area (Å²) in [6.07, 6.45) is 0.997. The topological polar surface area (TPSA) is 64.7 Å². The average Bonchev–Trinajstić information content (AvgIpc) is 3.22. The average molecular weight is 401 g/mol. The number of rotatable bonds is 7. The van der Waals surface area contributed by atoms with E-state index in [0.717, 1.165) is 19.5 Å². The Balaban J connectivity index is 1.61. The number of carbonyl (C=O) groups excluding carboxylic acids is 2. The van der Waals surface area contributed by atoms with E-state index in [2.05, 4.69) is 51.2 Å². The maximum atomic E-state index is 12.2. The van der Waals surface area contributed by atoms with E-state index >= 15 is 0 Å². The van der Waals surface area contributed by atoms with E-state index in [-0.39, 0.29) is 6.04 Å². The van der Waals surface area contributed by atoms with Crippen molar-refractivity contribution in [3.05, 3.63) is 57.8 Å². The summed E-state index contributed by atoms with van der Waals surface area (Å²) in [4.78, 5) is 29.8. The van der Waals surface area contributed by atoms with Crippen molar-refractivity contribution >= 4 is 23.2 Å². The molecule has 3 rings (SSSR count). The Hall–Kier alpha value is -2.22. The predicted molar refractivity (Wildman–Crippen MR) is 112 cm³/mol. The number of nitrogens with one attached hydrogen (secondary N) is 2. The van der Waals surface area contributed by atoms with Crippen molar-refractivity contribution in [2.45, 2.75) is 19.0 Å². The van der Waals surface area contributed by atoms with Gasteiger partial charge in [-0.05, 0) is 43.1 Å². The van der Waals surface area contributed by atoms with Gasteiger partial charge in [-0.2, -0.15) is 0 Å². The summed E-state index contributed by atoms with van der Waals surface area (Å²) in [5.74, 6) is -1.14. The molecular formula is C21H28N4O2S. The first-order valence-electron chi connectivity index (χ1n) is 9.59. The lowest BCUT2D eigenvalue weighted by Gasteiger charge is -2.35. The quantitative estimate of drug-likeness (QED) is 0.694. The van der Waals surface area contributed by atoms with Crippen molar-refractivity contribution in [3.63, 3.8) is 0 Å². The van der Waals surface area contributed by atoms with Gasteiger partial charge in [0.2, 0.25) is 0 Å². The number of nitrogens with zero attached hydrogens (tertiary/aromatic N) is 2. The molecule has 0 saturated carbocycles.